The van der Waals surface area contributed by atoms with Crippen LogP contribution in [0.5, 0.6) is 0 Å². The van der Waals surface area contributed by atoms with Gasteiger partial charge in [0.2, 0.25) is 7.11 Å². The number of hydrogen-bond acceptors (Lipinski definition) is 0. The third kappa shape index (κ3) is 3.73. The Labute approximate surface area is 84.8 Å². The molecule has 0 bridgehead atoms. The highest BCUT2D eigenvalue weighted by Crippen LogP contribution is 2.04. The van der Waals surface area contributed by atoms with E-state index in [1.807, 2.05) is 43.3 Å². The highest BCUT2D eigenvalue weighted by molar-refractivity contribution is 5.76. The predicted octanol–water partition coefficient (Wildman–Crippen LogP) is 2.37. The van der Waals surface area contributed by atoms with Crippen LogP contribution in [0.2, 0.25) is 0 Å². The molecule has 0 atom stereocenters. The molecule has 1 nitrogen and oxygen atoms in total. The quantitative estimate of drug-likeness (QED) is 0.360. The van der Waals surface area contributed by atoms with Crippen molar-refractivity contribution in [3.63, 3.8) is 0 Å². The van der Waals surface area contributed by atoms with Gasteiger partial charge in [-0.15, -0.1) is 5.57 Å². The van der Waals surface area contributed by atoms with Crippen molar-refractivity contribution in [2.45, 2.75) is 6.92 Å². The first kappa shape index (κ1) is 10.3. The minimum Gasteiger partial charge on any atom is -0.345 e. The van der Waals surface area contributed by atoms with Crippen LogP contribution in [0.1, 0.15) is 12.5 Å². The second kappa shape index (κ2) is 5.77. The fourth-order valence-electron chi connectivity index (χ4n) is 1.01. The third-order valence-corrected chi connectivity index (χ3v) is 1.60. The van der Waals surface area contributed by atoms with E-state index in [1.165, 1.54) is 7.11 Å². The van der Waals surface area contributed by atoms with Crippen LogP contribution in [0, 0.1) is 11.8 Å². The van der Waals surface area contributed by atoms with Gasteiger partial charge in [-0.3, -0.25) is 5.92 Å². The molecule has 0 fully saturated rings. The first-order chi connectivity index (χ1) is 6.83. The van der Waals surface area contributed by atoms with Crippen molar-refractivity contribution in [2.75, 3.05) is 7.11 Å². The molecule has 0 saturated carbocycles. The number of rotatable bonds is 1. The number of hydrogen-bond donors (Lipinski definition) is 0. The molecule has 0 heterocycles. The molecule has 14 heavy (non-hydrogen) atoms. The van der Waals surface area contributed by atoms with E-state index in [4.69, 9.17) is 0 Å². The second-order valence-electron chi connectivity index (χ2n) is 2.79. The van der Waals surface area contributed by atoms with Gasteiger partial charge in [-0.25, -0.2) is 0 Å². The van der Waals surface area contributed by atoms with Crippen LogP contribution in [0.15, 0.2) is 35.9 Å². The van der Waals surface area contributed by atoms with E-state index in [1.54, 1.807) is 0 Å². The summed E-state index contributed by atoms with van der Waals surface area (Å²) < 4.78 is 4.59. The lowest BCUT2D eigenvalue weighted by Crippen LogP contribution is -1.74. The van der Waals surface area contributed by atoms with Gasteiger partial charge in [0.25, 0.3) is 6.29 Å². The molecule has 0 radical (unpaired) electrons. The lowest BCUT2D eigenvalue weighted by molar-refractivity contribution is 0.187. The zero-order valence-electron chi connectivity index (χ0n) is 8.37. The summed E-state index contributed by atoms with van der Waals surface area (Å²) in [6, 6.07) is 10.1. The summed E-state index contributed by atoms with van der Waals surface area (Å²) in [5.74, 6) is 5.57. The summed E-state index contributed by atoms with van der Waals surface area (Å²) in [6.45, 7) is 1.96. The summed E-state index contributed by atoms with van der Waals surface area (Å²) in [5, 5.41) is 0. The first-order valence-electron chi connectivity index (χ1n) is 4.35. The molecule has 0 aliphatic heterocycles. The van der Waals surface area contributed by atoms with E-state index < -0.39 is 0 Å². The van der Waals surface area contributed by atoms with E-state index in [2.05, 4.69) is 22.6 Å². The van der Waals surface area contributed by atoms with Gasteiger partial charge in [0, 0.05) is 0 Å². The Morgan fingerprint density at radius 3 is 2.71 bits per heavy atom. The molecule has 0 spiro atoms. The number of allylic oxidation sites excluding steroid dienone is 1. The molecule has 0 amide bonds. The molecule has 1 heteroatoms. The maximum absolute atomic E-state index is 4.59. The van der Waals surface area contributed by atoms with Crippen LogP contribution in [0.25, 0.3) is 6.08 Å². The van der Waals surface area contributed by atoms with Crippen molar-refractivity contribution in [1.82, 2.24) is 0 Å². The SMILES string of the molecule is C[O+]=[C-]C#C/C(C)=C/c1ccccc1. The van der Waals surface area contributed by atoms with Crippen molar-refractivity contribution in [3.8, 4) is 11.8 Å². The minimum absolute atomic E-state index is 0.987. The normalized spacial score (nSPS) is 11.1. The molecule has 1 aromatic rings. The Morgan fingerprint density at radius 2 is 2.07 bits per heavy atom. The van der Waals surface area contributed by atoms with Crippen LogP contribution in [0.4, 0.5) is 0 Å². The van der Waals surface area contributed by atoms with Gasteiger partial charge in [-0.2, -0.15) is 5.92 Å². The Hall–Kier alpha value is -1.81. The van der Waals surface area contributed by atoms with Crippen molar-refractivity contribution in [2.24, 2.45) is 0 Å². The van der Waals surface area contributed by atoms with E-state index in [9.17, 15) is 0 Å². The van der Waals surface area contributed by atoms with E-state index in [0.29, 0.717) is 0 Å². The maximum Gasteiger partial charge on any atom is 0.272 e. The van der Waals surface area contributed by atoms with Gasteiger partial charge in [0.05, 0.1) is 0 Å². The Balaban J connectivity index is 2.76. The van der Waals surface area contributed by atoms with Crippen molar-refractivity contribution >= 4 is 12.4 Å². The fraction of sp³-hybridized carbons (Fsp3) is 0.154. The van der Waals surface area contributed by atoms with Crippen LogP contribution >= 0.6 is 0 Å². The van der Waals surface area contributed by atoms with Crippen molar-refractivity contribution in [1.29, 1.82) is 0 Å². The lowest BCUT2D eigenvalue weighted by Gasteiger charge is -1.95. The molecule has 70 valence electrons. The van der Waals surface area contributed by atoms with Crippen LogP contribution in [0.3, 0.4) is 0 Å². The molecule has 0 aliphatic carbocycles. The molecule has 0 aromatic heterocycles. The molecule has 0 aliphatic rings. The van der Waals surface area contributed by atoms with E-state index in [0.717, 1.165) is 11.1 Å². The van der Waals surface area contributed by atoms with Crippen LogP contribution in [-0.4, -0.2) is 13.4 Å². The maximum atomic E-state index is 4.59. The Bertz CT molecular complexity index is 388. The average molecular weight is 184 g/mol. The molecule has 1 rings (SSSR count). The zero-order valence-corrected chi connectivity index (χ0v) is 8.37. The Kier molecular flexibility index (Phi) is 4.23. The topological polar surface area (TPSA) is 11.3 Å². The molecular weight excluding hydrogens is 172 g/mol. The molecule has 1 aromatic carbocycles. The molecule has 0 unspecified atom stereocenters. The summed E-state index contributed by atoms with van der Waals surface area (Å²) in [6.07, 6.45) is 4.48. The monoisotopic (exact) mass is 184 g/mol. The predicted molar refractivity (Wildman–Crippen MR) is 59.5 cm³/mol. The fourth-order valence-corrected chi connectivity index (χ4v) is 1.01. The number of benzene rings is 1. The van der Waals surface area contributed by atoms with Crippen LogP contribution < -0.4 is 0 Å². The summed E-state index contributed by atoms with van der Waals surface area (Å²) in [4.78, 5) is 0. The van der Waals surface area contributed by atoms with E-state index >= 15 is 0 Å². The first-order valence-corrected chi connectivity index (χ1v) is 4.35. The second-order valence-corrected chi connectivity index (χ2v) is 2.79. The number of carbonyl (C=O) groups excluding carboxylic acids is 1. The largest absolute Gasteiger partial charge is 0.345 e. The Morgan fingerprint density at radius 1 is 1.36 bits per heavy atom. The highest BCUT2D eigenvalue weighted by Gasteiger charge is 1.81. The van der Waals surface area contributed by atoms with Gasteiger partial charge < -0.3 is 4.42 Å². The minimum atomic E-state index is 0.987. The van der Waals surface area contributed by atoms with E-state index in [-0.39, 0.29) is 0 Å². The molecular formula is C13H12O. The average Bonchev–Trinajstić information content (AvgIpc) is 2.20. The van der Waals surface area contributed by atoms with Gasteiger partial charge in [-0.1, -0.05) is 43.3 Å². The molecule has 0 N–H and O–H groups in total. The van der Waals surface area contributed by atoms with Gasteiger partial charge in [0.15, 0.2) is 0 Å². The standard InChI is InChI=1S/C13H12O/c1-12(7-6-10-14-2)11-13-8-4-3-5-9-13/h3-5,8-9,11H,1-2H3/b12-11+. The van der Waals surface area contributed by atoms with Gasteiger partial charge in [-0.05, 0) is 5.56 Å². The van der Waals surface area contributed by atoms with Crippen molar-refractivity contribution in [3.05, 3.63) is 41.5 Å². The van der Waals surface area contributed by atoms with Gasteiger partial charge in [0.1, 0.15) is 0 Å². The zero-order chi connectivity index (χ0) is 10.2. The smallest absolute Gasteiger partial charge is 0.272 e. The third-order valence-electron chi connectivity index (χ3n) is 1.60. The lowest BCUT2D eigenvalue weighted by atomic mass is 10.1. The molecule has 0 saturated heterocycles. The van der Waals surface area contributed by atoms with Crippen LogP contribution in [-0.2, 0) is 4.42 Å². The van der Waals surface area contributed by atoms with Crippen molar-refractivity contribution < 1.29 is 4.42 Å². The van der Waals surface area contributed by atoms with Gasteiger partial charge >= 0.3 is 0 Å². The summed E-state index contributed by atoms with van der Waals surface area (Å²) in [5.41, 5.74) is 2.14. The highest BCUT2D eigenvalue weighted by atomic mass is 16.4. The summed E-state index contributed by atoms with van der Waals surface area (Å²) in [7, 11) is 1.53. The summed E-state index contributed by atoms with van der Waals surface area (Å²) >= 11 is 0.